The van der Waals surface area contributed by atoms with Crippen molar-refractivity contribution in [3.8, 4) is 22.9 Å². The third-order valence-electron chi connectivity index (χ3n) is 3.50. The van der Waals surface area contributed by atoms with Gasteiger partial charge in [-0.3, -0.25) is 14.2 Å². The first-order valence-corrected chi connectivity index (χ1v) is 11.2. The maximum Gasteiger partial charge on any atom is 0.264 e. The fourth-order valence-corrected chi connectivity index (χ4v) is 3.39. The first-order valence-electron chi connectivity index (χ1n) is 8.39. The van der Waals surface area contributed by atoms with E-state index in [-0.39, 0.29) is 6.61 Å². The van der Waals surface area contributed by atoms with E-state index in [2.05, 4.69) is 15.0 Å². The fraction of sp³-hybridized carbons (Fsp3) is 0.211. The second-order valence-electron chi connectivity index (χ2n) is 5.92. The van der Waals surface area contributed by atoms with Gasteiger partial charge < -0.3 is 4.74 Å². The minimum absolute atomic E-state index is 0.0742. The number of hydrogen-bond acceptors (Lipinski definition) is 8. The van der Waals surface area contributed by atoms with Crippen LogP contribution in [0.25, 0.3) is 11.3 Å². The zero-order valence-corrected chi connectivity index (χ0v) is 17.0. The summed E-state index contributed by atoms with van der Waals surface area (Å²) < 4.78 is 32.3. The summed E-state index contributed by atoms with van der Waals surface area (Å²) >= 11 is 1.34. The van der Waals surface area contributed by atoms with Gasteiger partial charge in [0.05, 0.1) is 31.0 Å². The molecule has 2 aromatic heterocycles. The molecule has 0 saturated heterocycles. The smallest absolute Gasteiger partial charge is 0.264 e. The number of aromatic nitrogens is 3. The monoisotopic (exact) mass is 417 g/mol. The lowest BCUT2D eigenvalue weighted by Gasteiger charge is -2.07. The van der Waals surface area contributed by atoms with Gasteiger partial charge in [-0.15, -0.1) is 11.8 Å². The molecule has 3 aromatic rings. The Hall–Kier alpha value is -2.49. The summed E-state index contributed by atoms with van der Waals surface area (Å²) in [5.74, 6) is 1.42. The van der Waals surface area contributed by atoms with Crippen LogP contribution in [-0.2, 0) is 14.3 Å². The van der Waals surface area contributed by atoms with Gasteiger partial charge in [0.15, 0.2) is 0 Å². The van der Waals surface area contributed by atoms with E-state index in [4.69, 9.17) is 8.92 Å². The SMILES string of the molecule is Cc1ccc(-c2ccc(Oc3cncc(SCCOS(C)(=O)=O)n3)cc2)nc1. The van der Waals surface area contributed by atoms with Crippen molar-refractivity contribution >= 4 is 21.9 Å². The van der Waals surface area contributed by atoms with Gasteiger partial charge in [0.25, 0.3) is 10.1 Å². The van der Waals surface area contributed by atoms with Crippen LogP contribution < -0.4 is 4.74 Å². The van der Waals surface area contributed by atoms with Crippen LogP contribution >= 0.6 is 11.8 Å². The van der Waals surface area contributed by atoms with E-state index in [1.54, 1.807) is 6.20 Å². The lowest BCUT2D eigenvalue weighted by Crippen LogP contribution is -2.05. The van der Waals surface area contributed by atoms with E-state index in [0.29, 0.717) is 22.4 Å². The van der Waals surface area contributed by atoms with E-state index >= 15 is 0 Å². The van der Waals surface area contributed by atoms with E-state index in [1.807, 2.05) is 49.5 Å². The summed E-state index contributed by atoms with van der Waals surface area (Å²) in [6.07, 6.45) is 5.96. The molecule has 0 N–H and O–H groups in total. The molecule has 3 rings (SSSR count). The molecule has 0 spiro atoms. The average Bonchev–Trinajstić information content (AvgIpc) is 2.66. The maximum atomic E-state index is 10.9. The molecule has 0 amide bonds. The number of rotatable bonds is 8. The van der Waals surface area contributed by atoms with Crippen molar-refractivity contribution in [1.29, 1.82) is 0 Å². The highest BCUT2D eigenvalue weighted by molar-refractivity contribution is 7.99. The molecular formula is C19H19N3O4S2. The number of benzene rings is 1. The van der Waals surface area contributed by atoms with Crippen LogP contribution in [0.4, 0.5) is 0 Å². The molecule has 0 bridgehead atoms. The molecular weight excluding hydrogens is 398 g/mol. The Labute approximate surface area is 168 Å². The van der Waals surface area contributed by atoms with Gasteiger partial charge in [0, 0.05) is 17.5 Å². The maximum absolute atomic E-state index is 10.9. The lowest BCUT2D eigenvalue weighted by atomic mass is 10.1. The highest BCUT2D eigenvalue weighted by atomic mass is 32.2. The van der Waals surface area contributed by atoms with Crippen LogP contribution in [0.2, 0.25) is 0 Å². The third kappa shape index (κ3) is 6.29. The van der Waals surface area contributed by atoms with Gasteiger partial charge in [-0.05, 0) is 42.8 Å². The van der Waals surface area contributed by atoms with Gasteiger partial charge in [-0.25, -0.2) is 4.98 Å². The number of ether oxygens (including phenoxy) is 1. The molecule has 0 atom stereocenters. The Balaban J connectivity index is 1.60. The van der Waals surface area contributed by atoms with Crippen LogP contribution in [-0.4, -0.2) is 42.0 Å². The number of thioether (sulfide) groups is 1. The van der Waals surface area contributed by atoms with Crippen LogP contribution in [0, 0.1) is 6.92 Å². The molecule has 0 aliphatic heterocycles. The van der Waals surface area contributed by atoms with E-state index in [0.717, 1.165) is 23.1 Å². The molecule has 0 fully saturated rings. The topological polar surface area (TPSA) is 91.3 Å². The minimum Gasteiger partial charge on any atom is -0.437 e. The summed E-state index contributed by atoms with van der Waals surface area (Å²) in [5.41, 5.74) is 3.00. The largest absolute Gasteiger partial charge is 0.437 e. The first kappa shape index (κ1) is 20.2. The van der Waals surface area contributed by atoms with Crippen molar-refractivity contribution in [1.82, 2.24) is 15.0 Å². The van der Waals surface area contributed by atoms with E-state index in [9.17, 15) is 8.42 Å². The highest BCUT2D eigenvalue weighted by Crippen LogP contribution is 2.25. The molecule has 28 heavy (non-hydrogen) atoms. The van der Waals surface area contributed by atoms with Crippen molar-refractivity contribution in [2.24, 2.45) is 0 Å². The molecule has 0 radical (unpaired) electrons. The summed E-state index contributed by atoms with van der Waals surface area (Å²) in [6.45, 7) is 2.07. The quantitative estimate of drug-likeness (QED) is 0.311. The average molecular weight is 418 g/mol. The molecule has 9 heteroatoms. The molecule has 0 aliphatic carbocycles. The molecule has 146 valence electrons. The number of pyridine rings is 1. The summed E-state index contributed by atoms with van der Waals surface area (Å²) in [4.78, 5) is 12.9. The summed E-state index contributed by atoms with van der Waals surface area (Å²) in [6, 6.07) is 11.6. The van der Waals surface area contributed by atoms with E-state index in [1.165, 1.54) is 18.0 Å². The summed E-state index contributed by atoms with van der Waals surface area (Å²) in [5, 5.41) is 0.620. The third-order valence-corrected chi connectivity index (χ3v) is 4.96. The van der Waals surface area contributed by atoms with Crippen molar-refractivity contribution in [3.05, 3.63) is 60.6 Å². The normalized spacial score (nSPS) is 11.4. The van der Waals surface area contributed by atoms with Gasteiger partial charge in [-0.2, -0.15) is 8.42 Å². The van der Waals surface area contributed by atoms with Crippen LogP contribution in [0.5, 0.6) is 11.6 Å². The zero-order valence-electron chi connectivity index (χ0n) is 15.4. The molecule has 0 aliphatic rings. The molecule has 1 aromatic carbocycles. The second-order valence-corrected chi connectivity index (χ2v) is 8.68. The lowest BCUT2D eigenvalue weighted by molar-refractivity contribution is 0.345. The molecule has 0 unspecified atom stereocenters. The van der Waals surface area contributed by atoms with Gasteiger partial charge in [-0.1, -0.05) is 6.07 Å². The standard InChI is InChI=1S/C19H19N3O4S2/c1-14-3-8-17(21-11-14)15-4-6-16(7-5-15)26-18-12-20-13-19(22-18)27-10-9-25-28(2,23)24/h3-8,11-13H,9-10H2,1-2H3. The Morgan fingerprint density at radius 1 is 1.04 bits per heavy atom. The first-order chi connectivity index (χ1) is 13.4. The van der Waals surface area contributed by atoms with Crippen LogP contribution in [0.1, 0.15) is 5.56 Å². The Bertz CT molecular complexity index is 1020. The van der Waals surface area contributed by atoms with Gasteiger partial charge in [0.2, 0.25) is 5.88 Å². The van der Waals surface area contributed by atoms with Gasteiger partial charge >= 0.3 is 0 Å². The molecule has 7 nitrogen and oxygen atoms in total. The Morgan fingerprint density at radius 2 is 1.82 bits per heavy atom. The van der Waals surface area contributed by atoms with Crippen molar-refractivity contribution in [2.75, 3.05) is 18.6 Å². The zero-order chi connectivity index (χ0) is 20.0. The predicted octanol–water partition coefficient (Wildman–Crippen LogP) is 3.71. The van der Waals surface area contributed by atoms with Crippen molar-refractivity contribution < 1.29 is 17.3 Å². The molecule has 0 saturated carbocycles. The Kier molecular flexibility index (Phi) is 6.61. The summed E-state index contributed by atoms with van der Waals surface area (Å²) in [7, 11) is -3.43. The number of hydrogen-bond donors (Lipinski definition) is 0. The van der Waals surface area contributed by atoms with Crippen molar-refractivity contribution in [3.63, 3.8) is 0 Å². The van der Waals surface area contributed by atoms with Crippen molar-refractivity contribution in [2.45, 2.75) is 11.9 Å². The van der Waals surface area contributed by atoms with Crippen LogP contribution in [0.3, 0.4) is 0 Å². The van der Waals surface area contributed by atoms with E-state index < -0.39 is 10.1 Å². The number of aryl methyl sites for hydroxylation is 1. The predicted molar refractivity (Wildman–Crippen MR) is 108 cm³/mol. The fourth-order valence-electron chi connectivity index (χ4n) is 2.23. The minimum atomic E-state index is -3.43. The van der Waals surface area contributed by atoms with Gasteiger partial charge in [0.1, 0.15) is 10.8 Å². The Morgan fingerprint density at radius 3 is 2.50 bits per heavy atom. The highest BCUT2D eigenvalue weighted by Gasteiger charge is 2.06. The number of nitrogens with zero attached hydrogens (tertiary/aromatic N) is 3. The van der Waals surface area contributed by atoms with Crippen LogP contribution in [0.15, 0.2) is 60.0 Å². The second kappa shape index (κ2) is 9.13. The molecule has 2 heterocycles.